The fourth-order valence-corrected chi connectivity index (χ4v) is 2.03. The molecule has 0 spiro atoms. The van der Waals surface area contributed by atoms with Crippen LogP contribution in [0.1, 0.15) is 40.0 Å². The zero-order chi connectivity index (χ0) is 11.1. The zero-order valence-electron chi connectivity index (χ0n) is 10.1. The molecule has 0 bridgehead atoms. The Kier molecular flexibility index (Phi) is 7.08. The Balaban J connectivity index is 4.29. The van der Waals surface area contributed by atoms with Crippen LogP contribution in [0.5, 0.6) is 0 Å². The molecule has 0 N–H and O–H groups in total. The largest absolute Gasteiger partial charge is 0.135 e. The Labute approximate surface area is 93.9 Å². The molecule has 0 saturated heterocycles. The Morgan fingerprint density at radius 1 is 1.29 bits per heavy atom. The third-order valence-electron chi connectivity index (χ3n) is 2.64. The smallest absolute Gasteiger partial charge is 0.0138 e. The minimum atomic E-state index is 0.620. The van der Waals surface area contributed by atoms with Gasteiger partial charge in [0, 0.05) is 0 Å². The van der Waals surface area contributed by atoms with Gasteiger partial charge in [0.15, 0.2) is 0 Å². The van der Waals surface area contributed by atoms with E-state index in [1.165, 1.54) is 16.9 Å². The van der Waals surface area contributed by atoms with Crippen LogP contribution in [-0.4, -0.2) is 6.26 Å². The first kappa shape index (κ1) is 13.8. The van der Waals surface area contributed by atoms with Crippen LogP contribution in [0, 0.1) is 11.8 Å². The molecule has 0 aromatic carbocycles. The third kappa shape index (κ3) is 4.90. The molecular formula is C13H24S. The predicted octanol–water partition coefficient (Wildman–Crippen LogP) is 4.88. The van der Waals surface area contributed by atoms with Crippen molar-refractivity contribution in [2.24, 2.45) is 11.8 Å². The molecule has 0 fully saturated rings. The number of thioether (sulfide) groups is 1. The van der Waals surface area contributed by atoms with Crippen LogP contribution < -0.4 is 0 Å². The molecule has 0 amide bonds. The summed E-state index contributed by atoms with van der Waals surface area (Å²) in [4.78, 5) is 1.28. The summed E-state index contributed by atoms with van der Waals surface area (Å²) >= 11 is 1.77. The highest BCUT2D eigenvalue weighted by atomic mass is 32.2. The van der Waals surface area contributed by atoms with E-state index in [4.69, 9.17) is 0 Å². The van der Waals surface area contributed by atoms with E-state index in [2.05, 4.69) is 40.2 Å². The first-order valence-electron chi connectivity index (χ1n) is 5.42. The Morgan fingerprint density at radius 2 is 1.86 bits per heavy atom. The lowest BCUT2D eigenvalue weighted by Crippen LogP contribution is -2.11. The van der Waals surface area contributed by atoms with E-state index in [0.717, 1.165) is 12.8 Å². The summed E-state index contributed by atoms with van der Waals surface area (Å²) in [6.07, 6.45) is 5.55. The second-order valence-electron chi connectivity index (χ2n) is 4.21. The topological polar surface area (TPSA) is 0 Å². The summed E-state index contributed by atoms with van der Waals surface area (Å²) in [5.41, 5.74) is 1.40. The highest BCUT2D eigenvalue weighted by Crippen LogP contribution is 2.31. The molecule has 0 aliphatic rings. The van der Waals surface area contributed by atoms with Gasteiger partial charge in [0.05, 0.1) is 0 Å². The molecule has 14 heavy (non-hydrogen) atoms. The maximum absolute atomic E-state index is 4.20. The number of allylic oxidation sites excluding steroid dienone is 2. The fraction of sp³-hybridized carbons (Fsp3) is 0.692. The molecule has 0 nitrogen and oxygen atoms in total. The minimum Gasteiger partial charge on any atom is -0.135 e. The molecule has 0 radical (unpaired) electrons. The van der Waals surface area contributed by atoms with E-state index < -0.39 is 0 Å². The molecule has 0 heterocycles. The van der Waals surface area contributed by atoms with Crippen LogP contribution in [-0.2, 0) is 0 Å². The van der Waals surface area contributed by atoms with Crippen molar-refractivity contribution >= 4 is 11.8 Å². The van der Waals surface area contributed by atoms with Gasteiger partial charge in [-0.25, -0.2) is 0 Å². The third-order valence-corrected chi connectivity index (χ3v) is 3.38. The van der Waals surface area contributed by atoms with Gasteiger partial charge in [0.2, 0.25) is 0 Å². The number of rotatable bonds is 7. The van der Waals surface area contributed by atoms with Gasteiger partial charge in [-0.1, -0.05) is 45.9 Å². The Bertz CT molecular complexity index is 191. The van der Waals surface area contributed by atoms with E-state index in [1.807, 2.05) is 0 Å². The highest BCUT2D eigenvalue weighted by molar-refractivity contribution is 8.02. The van der Waals surface area contributed by atoms with Crippen molar-refractivity contribution < 1.29 is 0 Å². The molecule has 0 saturated carbocycles. The van der Waals surface area contributed by atoms with Gasteiger partial charge in [-0.2, -0.15) is 0 Å². The first-order valence-corrected chi connectivity index (χ1v) is 6.64. The van der Waals surface area contributed by atoms with Gasteiger partial charge in [0.25, 0.3) is 0 Å². The molecule has 0 rings (SSSR count). The van der Waals surface area contributed by atoms with Crippen LogP contribution >= 0.6 is 11.8 Å². The van der Waals surface area contributed by atoms with Gasteiger partial charge in [-0.3, -0.25) is 0 Å². The van der Waals surface area contributed by atoms with Crippen molar-refractivity contribution in [2.75, 3.05) is 6.26 Å². The quantitative estimate of drug-likeness (QED) is 0.542. The average molecular weight is 212 g/mol. The summed E-state index contributed by atoms with van der Waals surface area (Å²) in [5.74, 6) is 1.30. The van der Waals surface area contributed by atoms with E-state index >= 15 is 0 Å². The summed E-state index contributed by atoms with van der Waals surface area (Å²) in [7, 11) is 0. The van der Waals surface area contributed by atoms with Gasteiger partial charge in [-0.05, 0) is 35.8 Å². The van der Waals surface area contributed by atoms with Crippen molar-refractivity contribution in [1.82, 2.24) is 0 Å². The van der Waals surface area contributed by atoms with E-state index in [9.17, 15) is 0 Å². The highest BCUT2D eigenvalue weighted by Gasteiger charge is 2.16. The maximum atomic E-state index is 4.20. The molecule has 1 unspecified atom stereocenters. The number of hydrogen-bond donors (Lipinski definition) is 0. The van der Waals surface area contributed by atoms with Gasteiger partial charge >= 0.3 is 0 Å². The Morgan fingerprint density at radius 3 is 2.21 bits per heavy atom. The molecule has 0 aliphatic carbocycles. The SMILES string of the molecule is C=C(CC(C(=C)CCC)C(C)C)SC. The van der Waals surface area contributed by atoms with Crippen molar-refractivity contribution in [3.63, 3.8) is 0 Å². The molecule has 82 valence electrons. The standard InChI is InChI=1S/C13H24S/c1-7-8-11(4)13(10(2)3)9-12(5)14-6/h10,13H,4-5,7-9H2,1-3,6H3. The molecule has 1 atom stereocenters. The van der Waals surface area contributed by atoms with Crippen molar-refractivity contribution in [3.05, 3.63) is 23.6 Å². The maximum Gasteiger partial charge on any atom is -0.0138 e. The second-order valence-corrected chi connectivity index (χ2v) is 5.19. The van der Waals surface area contributed by atoms with E-state index in [-0.39, 0.29) is 0 Å². The van der Waals surface area contributed by atoms with Gasteiger partial charge in [-0.15, -0.1) is 11.8 Å². The van der Waals surface area contributed by atoms with Crippen molar-refractivity contribution in [2.45, 2.75) is 40.0 Å². The zero-order valence-corrected chi connectivity index (χ0v) is 10.9. The lowest BCUT2D eigenvalue weighted by atomic mass is 9.84. The first-order chi connectivity index (χ1) is 6.52. The van der Waals surface area contributed by atoms with Crippen LogP contribution in [0.25, 0.3) is 0 Å². The molecule has 0 aliphatic heterocycles. The normalized spacial score (nSPS) is 12.9. The van der Waals surface area contributed by atoms with Crippen LogP contribution in [0.2, 0.25) is 0 Å². The van der Waals surface area contributed by atoms with Crippen LogP contribution in [0.15, 0.2) is 23.6 Å². The molecular weight excluding hydrogens is 188 g/mol. The summed E-state index contributed by atoms with van der Waals surface area (Å²) in [6, 6.07) is 0. The van der Waals surface area contributed by atoms with Crippen LogP contribution in [0.4, 0.5) is 0 Å². The van der Waals surface area contributed by atoms with Gasteiger partial charge in [0.1, 0.15) is 0 Å². The van der Waals surface area contributed by atoms with Crippen molar-refractivity contribution in [1.29, 1.82) is 0 Å². The average Bonchev–Trinajstić information content (AvgIpc) is 2.13. The van der Waals surface area contributed by atoms with Crippen molar-refractivity contribution in [3.8, 4) is 0 Å². The lowest BCUT2D eigenvalue weighted by molar-refractivity contribution is 0.433. The summed E-state index contributed by atoms with van der Waals surface area (Å²) in [5, 5.41) is 0. The monoisotopic (exact) mass is 212 g/mol. The summed E-state index contributed by atoms with van der Waals surface area (Å²) < 4.78 is 0. The van der Waals surface area contributed by atoms with E-state index in [0.29, 0.717) is 11.8 Å². The van der Waals surface area contributed by atoms with Crippen LogP contribution in [0.3, 0.4) is 0 Å². The van der Waals surface area contributed by atoms with Gasteiger partial charge < -0.3 is 0 Å². The van der Waals surface area contributed by atoms with E-state index in [1.54, 1.807) is 11.8 Å². The molecule has 0 aromatic heterocycles. The number of hydrogen-bond acceptors (Lipinski definition) is 1. The predicted molar refractivity (Wildman–Crippen MR) is 69.6 cm³/mol. The minimum absolute atomic E-state index is 0.620. The molecule has 0 aromatic rings. The molecule has 1 heteroatoms. The summed E-state index contributed by atoms with van der Waals surface area (Å²) in [6.45, 7) is 15.0. The fourth-order valence-electron chi connectivity index (χ4n) is 1.69. The Hall–Kier alpha value is -0.170. The second kappa shape index (κ2) is 7.17. The lowest BCUT2D eigenvalue weighted by Gasteiger charge is -2.23.